The molecule has 0 bridgehead atoms. The number of hydrogen-bond donors (Lipinski definition) is 3. The number of nitrogens with one attached hydrogen (secondary N) is 1. The van der Waals surface area contributed by atoms with Crippen molar-refractivity contribution in [3.05, 3.63) is 47.5 Å². The lowest BCUT2D eigenvalue weighted by Crippen LogP contribution is -2.50. The fourth-order valence-electron chi connectivity index (χ4n) is 4.64. The van der Waals surface area contributed by atoms with Crippen LogP contribution in [0.3, 0.4) is 0 Å². The summed E-state index contributed by atoms with van der Waals surface area (Å²) < 4.78 is 32.8. The predicted octanol–water partition coefficient (Wildman–Crippen LogP) is 1.90. The molecule has 37 heavy (non-hydrogen) atoms. The van der Waals surface area contributed by atoms with Gasteiger partial charge in [-0.2, -0.15) is 5.26 Å². The molecule has 9 nitrogen and oxygen atoms in total. The monoisotopic (exact) mass is 518 g/mol. The zero-order valence-corrected chi connectivity index (χ0v) is 21.1. The lowest BCUT2D eigenvalue weighted by Gasteiger charge is -2.35. The molecule has 2 aliphatic rings. The molecule has 0 aliphatic carbocycles. The highest BCUT2D eigenvalue weighted by Gasteiger charge is 2.43. The minimum atomic E-state index is -2.80. The van der Waals surface area contributed by atoms with Crippen LogP contribution in [-0.2, 0) is 16.0 Å². The van der Waals surface area contributed by atoms with E-state index in [0.717, 1.165) is 5.56 Å². The van der Waals surface area contributed by atoms with Crippen LogP contribution in [-0.4, -0.2) is 88.7 Å². The molecule has 2 fully saturated rings. The number of alkyl carbamates (subject to hydrolysis) is 1. The molecular formula is C25H33BF2N4O5. The molecule has 2 aliphatic heterocycles. The van der Waals surface area contributed by atoms with E-state index in [9.17, 15) is 33.7 Å². The Kier molecular flexibility index (Phi) is 9.28. The molecule has 3 N–H and O–H groups in total. The van der Waals surface area contributed by atoms with Crippen molar-refractivity contribution < 1.29 is 33.2 Å². The molecule has 2 atom stereocenters. The van der Waals surface area contributed by atoms with Crippen LogP contribution in [0.1, 0.15) is 38.7 Å². The SMILES string of the molecule is CC(C)(C=C(C#N)C(=O)N1CCCC(OC(=O)N[C@@H](Cc2ccccc2)B(O)O)C1)N1CCC(F)(F)C1. The van der Waals surface area contributed by atoms with Crippen LogP contribution in [0.4, 0.5) is 13.6 Å². The second-order valence-corrected chi connectivity index (χ2v) is 10.1. The molecule has 0 radical (unpaired) electrons. The molecule has 0 spiro atoms. The first-order valence-corrected chi connectivity index (χ1v) is 12.3. The quantitative estimate of drug-likeness (QED) is 0.273. The van der Waals surface area contributed by atoms with E-state index in [1.807, 2.05) is 12.1 Å². The van der Waals surface area contributed by atoms with Crippen LogP contribution in [0.15, 0.2) is 42.0 Å². The minimum absolute atomic E-state index is 0.0541. The van der Waals surface area contributed by atoms with E-state index in [0.29, 0.717) is 19.4 Å². The van der Waals surface area contributed by atoms with Crippen molar-refractivity contribution in [1.82, 2.24) is 15.1 Å². The summed E-state index contributed by atoms with van der Waals surface area (Å²) in [5.74, 6) is -4.35. The average molecular weight is 518 g/mol. The first-order chi connectivity index (χ1) is 17.4. The van der Waals surface area contributed by atoms with E-state index in [2.05, 4.69) is 5.32 Å². The Bertz CT molecular complexity index is 1030. The van der Waals surface area contributed by atoms with Gasteiger partial charge in [0.2, 0.25) is 0 Å². The summed E-state index contributed by atoms with van der Waals surface area (Å²) in [6.07, 6.45) is 0.842. The predicted molar refractivity (Wildman–Crippen MR) is 132 cm³/mol. The molecular weight excluding hydrogens is 485 g/mol. The smallest absolute Gasteiger partial charge is 0.444 e. The van der Waals surface area contributed by atoms with Crippen LogP contribution in [0, 0.1) is 11.3 Å². The standard InChI is InChI=1S/C25H33BF2N4O5/c1-24(2,32-12-10-25(27,28)17-32)14-19(15-29)22(33)31-11-6-9-20(16-31)37-23(34)30-21(26(35)36)13-18-7-4-3-5-8-18/h3-5,7-8,14,20-21,35-36H,6,9-13,16-17H2,1-2H3,(H,30,34)/t20?,21-/m0/s1. The molecule has 3 rings (SSSR count). The Labute approximate surface area is 215 Å². The number of carbonyl (C=O) groups is 2. The number of ether oxygens (including phenoxy) is 1. The topological polar surface area (TPSA) is 126 Å². The van der Waals surface area contributed by atoms with Crippen molar-refractivity contribution in [2.45, 2.75) is 63.0 Å². The third-order valence-corrected chi connectivity index (χ3v) is 6.73. The van der Waals surface area contributed by atoms with E-state index >= 15 is 0 Å². The summed E-state index contributed by atoms with van der Waals surface area (Å²) >= 11 is 0. The van der Waals surface area contributed by atoms with Gasteiger partial charge >= 0.3 is 13.2 Å². The van der Waals surface area contributed by atoms with Crippen molar-refractivity contribution in [2.24, 2.45) is 0 Å². The van der Waals surface area contributed by atoms with Gasteiger partial charge in [-0.15, -0.1) is 0 Å². The number of benzene rings is 1. The first kappa shape index (κ1) is 28.6. The molecule has 0 aromatic heterocycles. The number of nitrogens with zero attached hydrogens (tertiary/aromatic N) is 3. The fraction of sp³-hybridized carbons (Fsp3) is 0.560. The van der Waals surface area contributed by atoms with Crippen molar-refractivity contribution >= 4 is 19.1 Å². The maximum absolute atomic E-state index is 13.7. The Morgan fingerprint density at radius 1 is 1.32 bits per heavy atom. The van der Waals surface area contributed by atoms with Gasteiger partial charge in [0, 0.05) is 25.0 Å². The number of nitriles is 1. The maximum Gasteiger partial charge on any atom is 0.475 e. The van der Waals surface area contributed by atoms with Gasteiger partial charge in [-0.3, -0.25) is 9.69 Å². The van der Waals surface area contributed by atoms with E-state index < -0.39 is 49.2 Å². The molecule has 2 amide bonds. The highest BCUT2D eigenvalue weighted by molar-refractivity contribution is 6.43. The van der Waals surface area contributed by atoms with Gasteiger partial charge in [-0.05, 0) is 44.7 Å². The fourth-order valence-corrected chi connectivity index (χ4v) is 4.64. The summed E-state index contributed by atoms with van der Waals surface area (Å²) in [5.41, 5.74) is -0.283. The van der Waals surface area contributed by atoms with E-state index in [1.54, 1.807) is 43.0 Å². The third kappa shape index (κ3) is 7.99. The van der Waals surface area contributed by atoms with Crippen molar-refractivity contribution in [3.8, 4) is 6.07 Å². The molecule has 12 heteroatoms. The number of halogens is 2. The second-order valence-electron chi connectivity index (χ2n) is 10.1. The van der Waals surface area contributed by atoms with Crippen LogP contribution in [0.2, 0.25) is 0 Å². The van der Waals surface area contributed by atoms with Gasteiger partial charge < -0.3 is 25.0 Å². The van der Waals surface area contributed by atoms with E-state index in [-0.39, 0.29) is 31.5 Å². The second kappa shape index (κ2) is 12.0. The zero-order chi connectivity index (χ0) is 27.2. The molecule has 0 saturated carbocycles. The summed E-state index contributed by atoms with van der Waals surface area (Å²) in [4.78, 5) is 28.5. The zero-order valence-electron chi connectivity index (χ0n) is 21.1. The Balaban J connectivity index is 1.59. The van der Waals surface area contributed by atoms with Gasteiger partial charge in [0.25, 0.3) is 11.8 Å². The number of amides is 2. The van der Waals surface area contributed by atoms with Gasteiger partial charge in [0.15, 0.2) is 0 Å². The lowest BCUT2D eigenvalue weighted by atomic mass is 9.76. The molecule has 1 aromatic carbocycles. The van der Waals surface area contributed by atoms with Gasteiger partial charge in [-0.25, -0.2) is 13.6 Å². The number of rotatable bonds is 8. The highest BCUT2D eigenvalue weighted by Crippen LogP contribution is 2.33. The van der Waals surface area contributed by atoms with E-state index in [4.69, 9.17) is 4.74 Å². The van der Waals surface area contributed by atoms with Crippen molar-refractivity contribution in [3.63, 3.8) is 0 Å². The Morgan fingerprint density at radius 3 is 2.62 bits per heavy atom. The summed E-state index contributed by atoms with van der Waals surface area (Å²) in [6, 6.07) is 10.9. The maximum atomic E-state index is 13.7. The summed E-state index contributed by atoms with van der Waals surface area (Å²) in [5, 5.41) is 31.5. The molecule has 2 saturated heterocycles. The van der Waals surface area contributed by atoms with Gasteiger partial charge in [0.1, 0.15) is 17.7 Å². The van der Waals surface area contributed by atoms with Crippen LogP contribution in [0.5, 0.6) is 0 Å². The molecule has 200 valence electrons. The van der Waals surface area contributed by atoms with Crippen LogP contribution >= 0.6 is 0 Å². The third-order valence-electron chi connectivity index (χ3n) is 6.73. The number of likely N-dealkylation sites (tertiary alicyclic amines) is 2. The van der Waals surface area contributed by atoms with Crippen LogP contribution in [0.25, 0.3) is 0 Å². The van der Waals surface area contributed by atoms with Crippen LogP contribution < -0.4 is 5.32 Å². The van der Waals surface area contributed by atoms with E-state index in [1.165, 1.54) is 11.0 Å². The minimum Gasteiger partial charge on any atom is -0.444 e. The molecule has 1 aromatic rings. The van der Waals surface area contributed by atoms with Crippen molar-refractivity contribution in [2.75, 3.05) is 26.2 Å². The van der Waals surface area contributed by atoms with Gasteiger partial charge in [-0.1, -0.05) is 30.3 Å². The summed E-state index contributed by atoms with van der Waals surface area (Å²) in [7, 11) is -1.81. The number of carbonyl (C=O) groups excluding carboxylic acids is 2. The molecule has 1 unspecified atom stereocenters. The lowest BCUT2D eigenvalue weighted by molar-refractivity contribution is -0.129. The van der Waals surface area contributed by atoms with Crippen molar-refractivity contribution in [1.29, 1.82) is 5.26 Å². The first-order valence-electron chi connectivity index (χ1n) is 12.3. The Morgan fingerprint density at radius 2 is 2.03 bits per heavy atom. The average Bonchev–Trinajstić information content (AvgIpc) is 3.23. The normalized spacial score (nSPS) is 21.2. The highest BCUT2D eigenvalue weighted by atomic mass is 19.3. The molecule has 2 heterocycles. The van der Waals surface area contributed by atoms with Gasteiger partial charge in [0.05, 0.1) is 19.0 Å². The Hall–Kier alpha value is -3.01. The number of hydrogen-bond acceptors (Lipinski definition) is 7. The number of piperidine rings is 1. The largest absolute Gasteiger partial charge is 0.475 e. The summed E-state index contributed by atoms with van der Waals surface area (Å²) in [6.45, 7) is 3.50. The number of alkyl halides is 2.